The van der Waals surface area contributed by atoms with Crippen molar-refractivity contribution in [3.63, 3.8) is 0 Å². The minimum absolute atomic E-state index is 0.276. The van der Waals surface area contributed by atoms with Crippen LogP contribution in [0.25, 0.3) is 0 Å². The van der Waals surface area contributed by atoms with E-state index in [-0.39, 0.29) is 6.04 Å². The van der Waals surface area contributed by atoms with Crippen LogP contribution >= 0.6 is 11.3 Å². The lowest BCUT2D eigenvalue weighted by Gasteiger charge is -2.37. The number of piperidine rings is 1. The van der Waals surface area contributed by atoms with Crippen molar-refractivity contribution in [1.29, 1.82) is 0 Å². The van der Waals surface area contributed by atoms with Crippen molar-refractivity contribution in [3.8, 4) is 0 Å². The number of hydrogen-bond acceptors (Lipinski definition) is 5. The van der Waals surface area contributed by atoms with Gasteiger partial charge in [-0.1, -0.05) is 11.3 Å². The summed E-state index contributed by atoms with van der Waals surface area (Å²) in [6.45, 7) is 3.22. The molecule has 0 bridgehead atoms. The number of aromatic nitrogens is 2. The summed E-state index contributed by atoms with van der Waals surface area (Å²) in [4.78, 5) is 2.26. The van der Waals surface area contributed by atoms with Gasteiger partial charge in [0.2, 0.25) is 5.13 Å². The maximum absolute atomic E-state index is 5.99. The van der Waals surface area contributed by atoms with Crippen molar-refractivity contribution in [3.05, 3.63) is 5.51 Å². The number of rotatable bonds is 1. The van der Waals surface area contributed by atoms with Gasteiger partial charge in [-0.25, -0.2) is 0 Å². The Kier molecular flexibility index (Phi) is 2.46. The molecular formula is C8H14N4S. The summed E-state index contributed by atoms with van der Waals surface area (Å²) in [6.07, 6.45) is 2.28. The first-order chi connectivity index (χ1) is 6.29. The number of hydrogen-bond donors (Lipinski definition) is 1. The lowest BCUT2D eigenvalue weighted by molar-refractivity contribution is 0.420. The smallest absolute Gasteiger partial charge is 0.208 e. The fourth-order valence-electron chi connectivity index (χ4n) is 1.74. The van der Waals surface area contributed by atoms with Crippen molar-refractivity contribution in [2.45, 2.75) is 31.8 Å². The van der Waals surface area contributed by atoms with Gasteiger partial charge in [0.05, 0.1) is 0 Å². The first kappa shape index (κ1) is 8.90. The molecule has 0 aromatic carbocycles. The Balaban J connectivity index is 2.14. The van der Waals surface area contributed by atoms with E-state index >= 15 is 0 Å². The molecule has 2 rings (SSSR count). The van der Waals surface area contributed by atoms with Gasteiger partial charge in [0.25, 0.3) is 0 Å². The Morgan fingerprint density at radius 3 is 3.23 bits per heavy atom. The molecule has 1 aromatic heterocycles. The van der Waals surface area contributed by atoms with E-state index in [1.807, 2.05) is 0 Å². The molecule has 1 aliphatic heterocycles. The fourth-order valence-corrected chi connectivity index (χ4v) is 2.41. The van der Waals surface area contributed by atoms with E-state index in [2.05, 4.69) is 22.0 Å². The van der Waals surface area contributed by atoms with Crippen LogP contribution in [0.1, 0.15) is 19.8 Å². The maximum atomic E-state index is 5.99. The average Bonchev–Trinajstić information content (AvgIpc) is 2.62. The predicted molar refractivity (Wildman–Crippen MR) is 53.9 cm³/mol. The van der Waals surface area contributed by atoms with Gasteiger partial charge >= 0.3 is 0 Å². The second kappa shape index (κ2) is 3.59. The van der Waals surface area contributed by atoms with Crippen molar-refractivity contribution in [2.24, 2.45) is 5.73 Å². The highest BCUT2D eigenvalue weighted by Crippen LogP contribution is 2.24. The summed E-state index contributed by atoms with van der Waals surface area (Å²) in [7, 11) is 0. The summed E-state index contributed by atoms with van der Waals surface area (Å²) in [5, 5.41) is 8.91. The summed E-state index contributed by atoms with van der Waals surface area (Å²) in [5.74, 6) is 0. The minimum Gasteiger partial charge on any atom is -0.342 e. The summed E-state index contributed by atoms with van der Waals surface area (Å²) in [5.41, 5.74) is 7.76. The fraction of sp³-hybridized carbons (Fsp3) is 0.750. The van der Waals surface area contributed by atoms with Crippen LogP contribution in [0.4, 0.5) is 5.13 Å². The number of nitrogens with zero attached hydrogens (tertiary/aromatic N) is 3. The lowest BCUT2D eigenvalue weighted by Crippen LogP contribution is -2.50. The van der Waals surface area contributed by atoms with Crippen LogP contribution in [0, 0.1) is 0 Å². The quantitative estimate of drug-likeness (QED) is 0.727. The Labute approximate surface area is 81.8 Å². The zero-order valence-corrected chi connectivity index (χ0v) is 8.50. The highest BCUT2D eigenvalue weighted by molar-refractivity contribution is 7.13. The predicted octanol–water partition coefficient (Wildman–Crippen LogP) is 0.854. The molecule has 1 saturated heterocycles. The molecular weight excluding hydrogens is 184 g/mol. The van der Waals surface area contributed by atoms with Crippen LogP contribution in [-0.2, 0) is 0 Å². The summed E-state index contributed by atoms with van der Waals surface area (Å²) >= 11 is 1.58. The van der Waals surface area contributed by atoms with Gasteiger partial charge in [-0.2, -0.15) is 0 Å². The minimum atomic E-state index is 0.276. The van der Waals surface area contributed by atoms with Crippen molar-refractivity contribution in [2.75, 3.05) is 11.4 Å². The Morgan fingerprint density at radius 2 is 2.54 bits per heavy atom. The highest BCUT2D eigenvalue weighted by atomic mass is 32.1. The maximum Gasteiger partial charge on any atom is 0.208 e. The third-order valence-electron chi connectivity index (χ3n) is 2.64. The molecule has 0 radical (unpaired) electrons. The van der Waals surface area contributed by atoms with Crippen molar-refractivity contribution < 1.29 is 0 Å². The van der Waals surface area contributed by atoms with Crippen LogP contribution < -0.4 is 10.6 Å². The van der Waals surface area contributed by atoms with E-state index in [4.69, 9.17) is 5.73 Å². The lowest BCUT2D eigenvalue weighted by atomic mass is 9.99. The van der Waals surface area contributed by atoms with Crippen molar-refractivity contribution >= 4 is 16.5 Å². The number of nitrogens with two attached hydrogens (primary N) is 1. The molecule has 1 aromatic rings. The van der Waals surface area contributed by atoms with E-state index in [9.17, 15) is 0 Å². The highest BCUT2D eigenvalue weighted by Gasteiger charge is 2.26. The van der Waals surface area contributed by atoms with Crippen LogP contribution in [0.3, 0.4) is 0 Å². The Hall–Kier alpha value is -0.680. The van der Waals surface area contributed by atoms with Gasteiger partial charge in [-0.05, 0) is 19.8 Å². The molecule has 13 heavy (non-hydrogen) atoms. The van der Waals surface area contributed by atoms with Gasteiger partial charge in [-0.15, -0.1) is 10.2 Å². The van der Waals surface area contributed by atoms with Gasteiger partial charge in [0, 0.05) is 18.6 Å². The monoisotopic (exact) mass is 198 g/mol. The standard InChI is InChI=1S/C8H14N4S/c1-6-7(9)3-2-4-12(6)8-11-10-5-13-8/h5-7H,2-4,9H2,1H3/t6-,7-/m1/s1. The number of anilines is 1. The molecule has 0 aliphatic carbocycles. The molecule has 1 fully saturated rings. The van der Waals surface area contributed by atoms with Gasteiger partial charge in [-0.3, -0.25) is 0 Å². The molecule has 0 amide bonds. The zero-order valence-electron chi connectivity index (χ0n) is 7.68. The molecule has 5 heteroatoms. The van der Waals surface area contributed by atoms with E-state index in [0.29, 0.717) is 6.04 Å². The van der Waals surface area contributed by atoms with Gasteiger partial charge in [0.1, 0.15) is 5.51 Å². The molecule has 72 valence electrons. The van der Waals surface area contributed by atoms with Crippen LogP contribution in [-0.4, -0.2) is 28.8 Å². The van der Waals surface area contributed by atoms with Crippen LogP contribution in [0.15, 0.2) is 5.51 Å². The van der Waals surface area contributed by atoms with E-state index in [0.717, 1.165) is 24.5 Å². The molecule has 2 N–H and O–H groups in total. The van der Waals surface area contributed by atoms with E-state index in [1.54, 1.807) is 16.8 Å². The summed E-state index contributed by atoms with van der Waals surface area (Å²) in [6, 6.07) is 0.666. The van der Waals surface area contributed by atoms with Crippen molar-refractivity contribution in [1.82, 2.24) is 10.2 Å². The van der Waals surface area contributed by atoms with Gasteiger partial charge < -0.3 is 10.6 Å². The van der Waals surface area contributed by atoms with Crippen LogP contribution in [0.2, 0.25) is 0 Å². The third kappa shape index (κ3) is 1.66. The van der Waals surface area contributed by atoms with E-state index in [1.165, 1.54) is 0 Å². The second-order valence-corrected chi connectivity index (χ2v) is 4.27. The molecule has 0 unspecified atom stereocenters. The first-order valence-electron chi connectivity index (χ1n) is 4.57. The normalized spacial score (nSPS) is 29.2. The molecule has 2 heterocycles. The van der Waals surface area contributed by atoms with E-state index < -0.39 is 0 Å². The average molecular weight is 198 g/mol. The third-order valence-corrected chi connectivity index (χ3v) is 3.37. The topological polar surface area (TPSA) is 55.0 Å². The van der Waals surface area contributed by atoms with Gasteiger partial charge in [0.15, 0.2) is 0 Å². The Bertz CT molecular complexity index is 261. The summed E-state index contributed by atoms with van der Waals surface area (Å²) < 4.78 is 0. The molecule has 1 aliphatic rings. The molecule has 4 nitrogen and oxygen atoms in total. The molecule has 0 saturated carbocycles. The molecule has 2 atom stereocenters. The zero-order chi connectivity index (χ0) is 9.26. The first-order valence-corrected chi connectivity index (χ1v) is 5.45. The SMILES string of the molecule is C[C@@H]1[C@H](N)CCCN1c1nncs1. The van der Waals surface area contributed by atoms with Crippen LogP contribution in [0.5, 0.6) is 0 Å². The largest absolute Gasteiger partial charge is 0.342 e. The Morgan fingerprint density at radius 1 is 1.69 bits per heavy atom. The molecule has 0 spiro atoms. The second-order valence-electron chi connectivity index (χ2n) is 3.46.